The van der Waals surface area contributed by atoms with Crippen LogP contribution in [0.3, 0.4) is 0 Å². The van der Waals surface area contributed by atoms with Gasteiger partial charge in [0.05, 0.1) is 12.2 Å². The molecule has 1 aromatic heterocycles. The predicted molar refractivity (Wildman–Crippen MR) is 126 cm³/mol. The van der Waals surface area contributed by atoms with E-state index in [1.165, 1.54) is 24.8 Å². The van der Waals surface area contributed by atoms with Crippen molar-refractivity contribution in [3.05, 3.63) is 41.4 Å². The fraction of sp³-hybridized carbons (Fsp3) is 0.474. The minimum absolute atomic E-state index is 0. The van der Waals surface area contributed by atoms with Crippen LogP contribution >= 0.6 is 47.1 Å². The lowest BCUT2D eigenvalue weighted by Crippen LogP contribution is -2.42. The normalized spacial score (nSPS) is 19.8. The Labute approximate surface area is 181 Å². The first-order chi connectivity index (χ1) is 12.3. The van der Waals surface area contributed by atoms with Gasteiger partial charge < -0.3 is 10.6 Å². The van der Waals surface area contributed by atoms with E-state index in [1.807, 2.05) is 30.0 Å². The van der Waals surface area contributed by atoms with Crippen LogP contribution in [0.15, 0.2) is 40.7 Å². The average Bonchev–Trinajstić information content (AvgIpc) is 3.30. The largest absolute Gasteiger partial charge is 0.357 e. The summed E-state index contributed by atoms with van der Waals surface area (Å²) in [6.07, 6.45) is 5.95. The number of thioether (sulfide) groups is 1. The molecule has 0 spiro atoms. The van der Waals surface area contributed by atoms with Crippen molar-refractivity contribution in [3.63, 3.8) is 0 Å². The summed E-state index contributed by atoms with van der Waals surface area (Å²) in [5.74, 6) is 0.906. The van der Waals surface area contributed by atoms with Gasteiger partial charge in [-0.3, -0.25) is 0 Å². The van der Waals surface area contributed by atoms with E-state index in [-0.39, 0.29) is 24.0 Å². The minimum atomic E-state index is 0. The van der Waals surface area contributed by atoms with Crippen LogP contribution in [0.1, 0.15) is 31.9 Å². The van der Waals surface area contributed by atoms with Gasteiger partial charge in [-0.25, -0.2) is 9.98 Å². The van der Waals surface area contributed by atoms with E-state index < -0.39 is 0 Å². The Morgan fingerprint density at radius 1 is 1.31 bits per heavy atom. The molecule has 26 heavy (non-hydrogen) atoms. The molecule has 2 atom stereocenters. The minimum Gasteiger partial charge on any atom is -0.357 e. The van der Waals surface area contributed by atoms with Gasteiger partial charge in [-0.05, 0) is 32.4 Å². The van der Waals surface area contributed by atoms with Crippen LogP contribution in [-0.4, -0.2) is 35.0 Å². The Hall–Kier alpha value is -0.800. The Balaban J connectivity index is 0.00000243. The number of guanidine groups is 1. The molecule has 1 heterocycles. The number of benzene rings is 1. The molecule has 1 saturated carbocycles. The summed E-state index contributed by atoms with van der Waals surface area (Å²) in [6.45, 7) is 3.58. The summed E-state index contributed by atoms with van der Waals surface area (Å²) in [6, 6.07) is 10.8. The molecule has 0 amide bonds. The molecule has 0 bridgehead atoms. The van der Waals surface area contributed by atoms with Gasteiger partial charge in [0.25, 0.3) is 0 Å². The maximum absolute atomic E-state index is 4.74. The molecular formula is C19H27IN4S2. The Morgan fingerprint density at radius 2 is 2.12 bits per heavy atom. The van der Waals surface area contributed by atoms with Crippen molar-refractivity contribution in [2.24, 2.45) is 4.99 Å². The number of nitrogens with zero attached hydrogens (tertiary/aromatic N) is 2. The standard InChI is InChI=1S/C19H26N4S2.HI/c1-3-20-19(23-15-9-10-17(11-15)24-2)21-12-16-13-25-18(22-16)14-7-5-4-6-8-14;/h4-8,13,15,17H,3,9-12H2,1-2H3,(H2,20,21,23);1H. The third-order valence-corrected chi connectivity index (χ3v) is 6.41. The molecule has 1 aliphatic rings. The summed E-state index contributed by atoms with van der Waals surface area (Å²) in [7, 11) is 0. The molecule has 0 radical (unpaired) electrons. The first kappa shape index (κ1) is 21.5. The predicted octanol–water partition coefficient (Wildman–Crippen LogP) is 4.77. The zero-order chi connectivity index (χ0) is 17.5. The molecule has 7 heteroatoms. The average molecular weight is 502 g/mol. The van der Waals surface area contributed by atoms with Crippen molar-refractivity contribution >= 4 is 53.0 Å². The van der Waals surface area contributed by atoms with Crippen LogP contribution in [0, 0.1) is 0 Å². The molecule has 1 aromatic carbocycles. The molecule has 0 saturated heterocycles. The molecule has 1 fully saturated rings. The SMILES string of the molecule is CCNC(=NCc1csc(-c2ccccc2)n1)NC1CCC(SC)C1.I. The van der Waals surface area contributed by atoms with Crippen molar-refractivity contribution in [1.82, 2.24) is 15.6 Å². The molecule has 2 unspecified atom stereocenters. The van der Waals surface area contributed by atoms with Crippen LogP contribution in [0.2, 0.25) is 0 Å². The molecule has 2 aromatic rings. The molecule has 1 aliphatic carbocycles. The van der Waals surface area contributed by atoms with Crippen molar-refractivity contribution in [2.45, 2.75) is 44.0 Å². The molecule has 4 nitrogen and oxygen atoms in total. The maximum atomic E-state index is 4.74. The monoisotopic (exact) mass is 502 g/mol. The Kier molecular flexibility index (Phi) is 9.21. The zero-order valence-corrected chi connectivity index (χ0v) is 19.2. The molecule has 0 aliphatic heterocycles. The first-order valence-corrected chi connectivity index (χ1v) is 11.0. The molecule has 142 valence electrons. The number of halogens is 1. The van der Waals surface area contributed by atoms with Crippen LogP contribution in [0.4, 0.5) is 0 Å². The molecule has 3 rings (SSSR count). The van der Waals surface area contributed by atoms with Gasteiger partial charge >= 0.3 is 0 Å². The summed E-state index contributed by atoms with van der Waals surface area (Å²) in [5.41, 5.74) is 2.19. The van der Waals surface area contributed by atoms with Crippen molar-refractivity contribution < 1.29 is 0 Å². The molecular weight excluding hydrogens is 475 g/mol. The highest BCUT2D eigenvalue weighted by atomic mass is 127. The first-order valence-electron chi connectivity index (χ1n) is 8.86. The smallest absolute Gasteiger partial charge is 0.191 e. The number of thiazole rings is 1. The van der Waals surface area contributed by atoms with Gasteiger partial charge in [0.2, 0.25) is 0 Å². The fourth-order valence-corrected chi connectivity index (χ4v) is 4.67. The summed E-state index contributed by atoms with van der Waals surface area (Å²) < 4.78 is 0. The third kappa shape index (κ3) is 6.13. The maximum Gasteiger partial charge on any atom is 0.191 e. The highest BCUT2D eigenvalue weighted by molar-refractivity contribution is 14.0. The van der Waals surface area contributed by atoms with E-state index >= 15 is 0 Å². The van der Waals surface area contributed by atoms with E-state index in [1.54, 1.807) is 11.3 Å². The number of hydrogen-bond acceptors (Lipinski definition) is 4. The lowest BCUT2D eigenvalue weighted by atomic mass is 10.2. The second-order valence-electron chi connectivity index (χ2n) is 6.22. The highest BCUT2D eigenvalue weighted by Gasteiger charge is 2.24. The van der Waals surface area contributed by atoms with E-state index in [9.17, 15) is 0 Å². The summed E-state index contributed by atoms with van der Waals surface area (Å²) in [5, 5.41) is 10.9. The topological polar surface area (TPSA) is 49.3 Å². The number of aliphatic imine (C=N–C) groups is 1. The van der Waals surface area contributed by atoms with Crippen LogP contribution in [-0.2, 0) is 6.54 Å². The fourth-order valence-electron chi connectivity index (χ4n) is 3.05. The quantitative estimate of drug-likeness (QED) is 0.340. The van der Waals surface area contributed by atoms with Crippen LogP contribution < -0.4 is 10.6 Å². The highest BCUT2D eigenvalue weighted by Crippen LogP contribution is 2.28. The second kappa shape index (κ2) is 11.1. The van der Waals surface area contributed by atoms with Gasteiger partial charge in [-0.2, -0.15) is 11.8 Å². The lowest BCUT2D eigenvalue weighted by molar-refractivity contribution is 0.615. The van der Waals surface area contributed by atoms with Gasteiger partial charge in [-0.1, -0.05) is 30.3 Å². The number of aromatic nitrogens is 1. The van der Waals surface area contributed by atoms with Crippen molar-refractivity contribution in [3.8, 4) is 10.6 Å². The van der Waals surface area contributed by atoms with Gasteiger partial charge in [0.1, 0.15) is 5.01 Å². The number of hydrogen-bond donors (Lipinski definition) is 2. The second-order valence-corrected chi connectivity index (χ2v) is 8.21. The van der Waals surface area contributed by atoms with Gasteiger partial charge in [0.15, 0.2) is 5.96 Å². The van der Waals surface area contributed by atoms with Crippen molar-refractivity contribution in [1.29, 1.82) is 0 Å². The summed E-state index contributed by atoms with van der Waals surface area (Å²) in [4.78, 5) is 9.46. The third-order valence-electron chi connectivity index (χ3n) is 4.37. The zero-order valence-electron chi connectivity index (χ0n) is 15.3. The number of rotatable bonds is 6. The summed E-state index contributed by atoms with van der Waals surface area (Å²) >= 11 is 3.66. The Morgan fingerprint density at radius 3 is 2.81 bits per heavy atom. The van der Waals surface area contributed by atoms with E-state index in [0.29, 0.717) is 12.6 Å². The van der Waals surface area contributed by atoms with Crippen LogP contribution in [0.5, 0.6) is 0 Å². The Bertz CT molecular complexity index is 690. The van der Waals surface area contributed by atoms with Gasteiger partial charge in [0, 0.05) is 28.8 Å². The molecule has 2 N–H and O–H groups in total. The van der Waals surface area contributed by atoms with Gasteiger partial charge in [-0.15, -0.1) is 35.3 Å². The number of nitrogens with one attached hydrogen (secondary N) is 2. The lowest BCUT2D eigenvalue weighted by Gasteiger charge is -2.17. The van der Waals surface area contributed by atoms with E-state index in [2.05, 4.69) is 41.3 Å². The van der Waals surface area contributed by atoms with E-state index in [0.717, 1.165) is 28.5 Å². The van der Waals surface area contributed by atoms with E-state index in [4.69, 9.17) is 9.98 Å². The van der Waals surface area contributed by atoms with Crippen LogP contribution in [0.25, 0.3) is 10.6 Å². The van der Waals surface area contributed by atoms with Crippen molar-refractivity contribution in [2.75, 3.05) is 12.8 Å².